The first-order valence-electron chi connectivity index (χ1n) is 19.3. The average Bonchev–Trinajstić information content (AvgIpc) is 3.67. The molecule has 12 nitrogen and oxygen atoms in total. The molecule has 5 N–H and O–H groups in total. The number of hydrogen-bond acceptors (Lipinski definition) is 7. The molecule has 4 heterocycles. The number of alkyl carbamates (subject to hydrolysis) is 1. The second-order valence-electron chi connectivity index (χ2n) is 14.9. The van der Waals surface area contributed by atoms with E-state index >= 15 is 0 Å². The number of rotatable bonds is 11. The van der Waals surface area contributed by atoms with Crippen molar-refractivity contribution in [3.05, 3.63) is 84.7 Å². The van der Waals surface area contributed by atoms with Crippen LogP contribution < -0.4 is 11.1 Å². The van der Waals surface area contributed by atoms with Gasteiger partial charge in [-0.05, 0) is 90.5 Å². The zero-order valence-electron chi connectivity index (χ0n) is 30.9. The number of H-pyrrole nitrogens is 2. The number of nitrogens with two attached hydrogens (primary N) is 1. The summed E-state index contributed by atoms with van der Waals surface area (Å²) in [6.45, 7) is 3.39. The second kappa shape index (κ2) is 15.1. The molecule has 1 aliphatic carbocycles. The molecule has 8 rings (SSSR count). The maximum atomic E-state index is 13.6. The van der Waals surface area contributed by atoms with E-state index in [0.29, 0.717) is 19.5 Å². The molecule has 0 radical (unpaired) electrons. The minimum atomic E-state index is -0.576. The Balaban J connectivity index is 0.943. The number of carbonyl (C=O) groups excluding carboxylic acids is 3. The van der Waals surface area contributed by atoms with Gasteiger partial charge in [-0.25, -0.2) is 14.8 Å². The van der Waals surface area contributed by atoms with Gasteiger partial charge in [0.2, 0.25) is 11.8 Å². The van der Waals surface area contributed by atoms with Crippen molar-refractivity contribution in [3.63, 3.8) is 0 Å². The fraction of sp³-hybridized carbons (Fsp3) is 0.405. The van der Waals surface area contributed by atoms with Crippen LogP contribution in [0.15, 0.2) is 73.1 Å². The first-order valence-corrected chi connectivity index (χ1v) is 19.3. The van der Waals surface area contributed by atoms with Crippen molar-refractivity contribution < 1.29 is 19.1 Å². The topological polar surface area (TPSA) is 162 Å². The van der Waals surface area contributed by atoms with Gasteiger partial charge in [0.15, 0.2) is 0 Å². The Kier molecular flexibility index (Phi) is 9.93. The predicted molar refractivity (Wildman–Crippen MR) is 207 cm³/mol. The van der Waals surface area contributed by atoms with Gasteiger partial charge in [-0.1, -0.05) is 61.9 Å². The summed E-state index contributed by atoms with van der Waals surface area (Å²) in [5, 5.41) is 5.01. The van der Waals surface area contributed by atoms with E-state index in [0.717, 1.165) is 101 Å². The highest BCUT2D eigenvalue weighted by atomic mass is 16.5. The number of aromatic nitrogens is 4. The van der Waals surface area contributed by atoms with E-state index in [1.165, 1.54) is 7.11 Å². The fourth-order valence-electron chi connectivity index (χ4n) is 8.19. The second-order valence-corrected chi connectivity index (χ2v) is 14.9. The van der Waals surface area contributed by atoms with Crippen molar-refractivity contribution in [2.75, 3.05) is 20.2 Å². The van der Waals surface area contributed by atoms with Crippen LogP contribution in [0.4, 0.5) is 4.79 Å². The molecule has 0 spiro atoms. The van der Waals surface area contributed by atoms with Crippen molar-refractivity contribution in [2.45, 2.75) is 82.5 Å². The molecule has 3 amide bonds. The van der Waals surface area contributed by atoms with E-state index in [9.17, 15) is 14.4 Å². The summed E-state index contributed by atoms with van der Waals surface area (Å²) < 4.78 is 4.79. The van der Waals surface area contributed by atoms with Crippen LogP contribution in [0.25, 0.3) is 44.4 Å². The van der Waals surface area contributed by atoms with Gasteiger partial charge in [0.25, 0.3) is 0 Å². The number of nitrogens with zero attached hydrogens (tertiary/aromatic N) is 4. The summed E-state index contributed by atoms with van der Waals surface area (Å²) in [5.74, 6) is 1.67. The highest BCUT2D eigenvalue weighted by molar-refractivity contribution is 5.91. The maximum absolute atomic E-state index is 13.6. The van der Waals surface area contributed by atoms with Gasteiger partial charge in [0.1, 0.15) is 17.7 Å². The van der Waals surface area contributed by atoms with Crippen LogP contribution in [0.3, 0.4) is 0 Å². The Labute approximate surface area is 314 Å². The highest BCUT2D eigenvalue weighted by Gasteiger charge is 2.43. The van der Waals surface area contributed by atoms with E-state index < -0.39 is 18.2 Å². The third-order valence-corrected chi connectivity index (χ3v) is 11.3. The van der Waals surface area contributed by atoms with Crippen LogP contribution in [0.1, 0.15) is 82.0 Å². The fourth-order valence-corrected chi connectivity index (χ4v) is 8.19. The van der Waals surface area contributed by atoms with Gasteiger partial charge < -0.3 is 35.6 Å². The smallest absolute Gasteiger partial charge is 0.407 e. The number of methoxy groups -OCH3 is 1. The number of carbonyl (C=O) groups is 3. The average molecular weight is 729 g/mol. The van der Waals surface area contributed by atoms with Gasteiger partial charge in [-0.3, -0.25) is 9.59 Å². The molecule has 5 aromatic rings. The summed E-state index contributed by atoms with van der Waals surface area (Å²) in [6, 6.07) is 20.1. The lowest BCUT2D eigenvalue weighted by atomic mass is 9.98. The Morgan fingerprint density at radius 1 is 0.778 bits per heavy atom. The zero-order valence-corrected chi connectivity index (χ0v) is 30.9. The van der Waals surface area contributed by atoms with E-state index in [-0.39, 0.29) is 29.8 Å². The van der Waals surface area contributed by atoms with Gasteiger partial charge in [0.05, 0.1) is 49.0 Å². The molecular weight excluding hydrogens is 681 g/mol. The molecule has 3 aliphatic rings. The molecule has 0 unspecified atom stereocenters. The number of imidazole rings is 2. The van der Waals surface area contributed by atoms with Crippen LogP contribution in [0, 0.1) is 5.92 Å². The monoisotopic (exact) mass is 728 g/mol. The molecule has 3 aromatic carbocycles. The number of ether oxygens (including phenoxy) is 1. The molecule has 3 fully saturated rings. The van der Waals surface area contributed by atoms with E-state index in [4.69, 9.17) is 15.5 Å². The van der Waals surface area contributed by atoms with Gasteiger partial charge in [0, 0.05) is 18.7 Å². The summed E-state index contributed by atoms with van der Waals surface area (Å²) in [6.07, 6.45) is 10.1. The minimum absolute atomic E-state index is 0.0132. The van der Waals surface area contributed by atoms with Gasteiger partial charge in [-0.15, -0.1) is 0 Å². The first kappa shape index (κ1) is 35.5. The van der Waals surface area contributed by atoms with Crippen LogP contribution in [0.2, 0.25) is 0 Å². The summed E-state index contributed by atoms with van der Waals surface area (Å²) in [7, 11) is 1.32. The number of aromatic amines is 2. The molecule has 280 valence electrons. The standard InChI is InChI=1S/C42H48N8O4/c1-3-6-32(43)40(51)49-19-4-7-35(49)38-44-23-33(46-38)26-11-9-25(10-12-26)28-15-16-30-22-31(18-17-29(30)21-28)34-24-45-39(47-34)36-8-5-20-50(36)41(52)37(27-13-14-27)48-42(53)54-2/h9-12,15-18,21-24,27,32,35-37H,3-8,13-14,19-20,43H2,1-2H3,(H,44,46)(H,45,47)(H,48,53)/t32-,35-,36-,37-/m0/s1. The summed E-state index contributed by atoms with van der Waals surface area (Å²) in [4.78, 5) is 58.7. The number of nitrogens with one attached hydrogen (secondary N) is 3. The van der Waals surface area contributed by atoms with Crippen molar-refractivity contribution in [3.8, 4) is 33.6 Å². The van der Waals surface area contributed by atoms with Crippen molar-refractivity contribution in [1.82, 2.24) is 35.1 Å². The minimum Gasteiger partial charge on any atom is -0.453 e. The van der Waals surface area contributed by atoms with Crippen LogP contribution in [-0.4, -0.2) is 79.9 Å². The SMILES string of the molecule is CCC[C@H](N)C(=O)N1CCC[C@H]1c1ncc(-c2ccc(-c3ccc4cc(-c5cnc([C@@H]6CCCN6C(=O)[C@@H](NC(=O)OC)C6CC6)[nH]5)ccc4c3)cc2)[nH]1. The first-order chi connectivity index (χ1) is 26.3. The lowest BCUT2D eigenvalue weighted by Crippen LogP contribution is -2.49. The van der Waals surface area contributed by atoms with Crippen molar-refractivity contribution >= 4 is 28.7 Å². The highest BCUT2D eigenvalue weighted by Crippen LogP contribution is 2.38. The number of fused-ring (bicyclic) bond motifs is 1. The summed E-state index contributed by atoms with van der Waals surface area (Å²) in [5.41, 5.74) is 12.3. The molecule has 4 atom stereocenters. The quantitative estimate of drug-likeness (QED) is 0.115. The van der Waals surface area contributed by atoms with E-state index in [1.807, 2.05) is 29.1 Å². The lowest BCUT2D eigenvalue weighted by molar-refractivity contribution is -0.135. The molecule has 2 aromatic heterocycles. The zero-order chi connectivity index (χ0) is 37.3. The lowest BCUT2D eigenvalue weighted by Gasteiger charge is -2.28. The molecule has 1 saturated carbocycles. The van der Waals surface area contributed by atoms with Crippen LogP contribution in [-0.2, 0) is 14.3 Å². The third kappa shape index (κ3) is 7.10. The largest absolute Gasteiger partial charge is 0.453 e. The Hall–Kier alpha value is -5.49. The Bertz CT molecular complexity index is 2150. The molecule has 12 heteroatoms. The normalized spacial score (nSPS) is 19.6. The van der Waals surface area contributed by atoms with E-state index in [1.54, 1.807) is 0 Å². The van der Waals surface area contributed by atoms with Crippen molar-refractivity contribution in [1.29, 1.82) is 0 Å². The van der Waals surface area contributed by atoms with Crippen molar-refractivity contribution in [2.24, 2.45) is 11.7 Å². The molecule has 54 heavy (non-hydrogen) atoms. The van der Waals surface area contributed by atoms with Gasteiger partial charge in [-0.2, -0.15) is 0 Å². The summed E-state index contributed by atoms with van der Waals surface area (Å²) >= 11 is 0. The molecule has 2 aliphatic heterocycles. The molecule has 0 bridgehead atoms. The van der Waals surface area contributed by atoms with Crippen LogP contribution >= 0.6 is 0 Å². The Morgan fingerprint density at radius 3 is 1.91 bits per heavy atom. The predicted octanol–water partition coefficient (Wildman–Crippen LogP) is 6.88. The number of likely N-dealkylation sites (tertiary alicyclic amines) is 2. The third-order valence-electron chi connectivity index (χ3n) is 11.3. The number of hydrogen-bond donors (Lipinski definition) is 4. The van der Waals surface area contributed by atoms with Gasteiger partial charge >= 0.3 is 6.09 Å². The molecule has 2 saturated heterocycles. The Morgan fingerprint density at radius 2 is 1.31 bits per heavy atom. The number of amides is 3. The van der Waals surface area contributed by atoms with Crippen LogP contribution in [0.5, 0.6) is 0 Å². The maximum Gasteiger partial charge on any atom is 0.407 e. The van der Waals surface area contributed by atoms with E-state index in [2.05, 4.69) is 80.9 Å². The number of benzene rings is 3. The molecular formula is C42H48N8O4.